The predicted molar refractivity (Wildman–Crippen MR) is 124 cm³/mol. The van der Waals surface area contributed by atoms with Gasteiger partial charge in [0.2, 0.25) is 0 Å². The number of aliphatic hydroxyl groups is 1. The van der Waals surface area contributed by atoms with Crippen LogP contribution in [-0.4, -0.2) is 68.2 Å². The fraction of sp³-hybridized carbons (Fsp3) is 0.385. The van der Waals surface area contributed by atoms with E-state index in [1.54, 1.807) is 30.2 Å². The first-order valence-corrected chi connectivity index (χ1v) is 11.3. The molecule has 2 aliphatic heterocycles. The van der Waals surface area contributed by atoms with E-state index >= 15 is 0 Å². The molecule has 2 heterocycles. The van der Waals surface area contributed by atoms with E-state index in [1.165, 1.54) is 4.90 Å². The van der Waals surface area contributed by atoms with Crippen LogP contribution in [0.25, 0.3) is 5.76 Å². The molecule has 0 bridgehead atoms. The number of aryl methyl sites for hydroxylation is 2. The van der Waals surface area contributed by atoms with Gasteiger partial charge in [-0.1, -0.05) is 29.8 Å². The number of nitrogens with one attached hydrogen (secondary N) is 1. The summed E-state index contributed by atoms with van der Waals surface area (Å²) < 4.78 is 10.7. The number of Topliss-reactive ketones (excluding diaryl/α,β-unsaturated/α-hetero) is 1. The average Bonchev–Trinajstić information content (AvgIpc) is 3.08. The highest BCUT2D eigenvalue weighted by molar-refractivity contribution is 6.46. The Morgan fingerprint density at radius 3 is 2.45 bits per heavy atom. The molecular formula is C26H31N2O5+. The molecule has 2 saturated heterocycles. The minimum Gasteiger partial charge on any atom is -0.507 e. The topological polar surface area (TPSA) is 80.5 Å². The van der Waals surface area contributed by atoms with Gasteiger partial charge < -0.3 is 24.4 Å². The fourth-order valence-corrected chi connectivity index (χ4v) is 4.58. The summed E-state index contributed by atoms with van der Waals surface area (Å²) in [6, 6.07) is 12.4. The number of amides is 1. The van der Waals surface area contributed by atoms with Crippen LogP contribution < -0.4 is 9.64 Å². The van der Waals surface area contributed by atoms with Crippen LogP contribution in [-0.2, 0) is 14.3 Å². The lowest BCUT2D eigenvalue weighted by Crippen LogP contribution is -3.14. The second-order valence-electron chi connectivity index (χ2n) is 8.70. The van der Waals surface area contributed by atoms with Crippen molar-refractivity contribution in [1.29, 1.82) is 0 Å². The number of hydrogen-bond donors (Lipinski definition) is 2. The third-order valence-corrected chi connectivity index (χ3v) is 6.51. The van der Waals surface area contributed by atoms with Crippen molar-refractivity contribution in [1.82, 2.24) is 4.90 Å². The van der Waals surface area contributed by atoms with E-state index in [-0.39, 0.29) is 11.3 Å². The number of ether oxygens (including phenoxy) is 2. The molecule has 174 valence electrons. The van der Waals surface area contributed by atoms with Gasteiger partial charge in [-0.05, 0) is 43.2 Å². The van der Waals surface area contributed by atoms with Crippen LogP contribution in [0.1, 0.15) is 28.3 Å². The molecule has 2 aromatic carbocycles. The molecule has 2 aliphatic rings. The van der Waals surface area contributed by atoms with Crippen LogP contribution in [0.5, 0.6) is 5.75 Å². The van der Waals surface area contributed by atoms with Gasteiger partial charge in [0.25, 0.3) is 11.7 Å². The number of carbonyl (C=O) groups is 2. The van der Waals surface area contributed by atoms with Crippen molar-refractivity contribution in [3.05, 3.63) is 70.3 Å². The smallest absolute Gasteiger partial charge is 0.295 e. The minimum absolute atomic E-state index is 0.130. The Hall–Kier alpha value is -3.16. The summed E-state index contributed by atoms with van der Waals surface area (Å²) in [5.74, 6) is -0.690. The Bertz CT molecular complexity index is 1070. The quantitative estimate of drug-likeness (QED) is 0.397. The van der Waals surface area contributed by atoms with Gasteiger partial charge in [-0.25, -0.2) is 0 Å². The molecule has 0 radical (unpaired) electrons. The van der Waals surface area contributed by atoms with E-state index < -0.39 is 17.7 Å². The SMILES string of the molecule is COc1ccc(C(O)=C2C(=O)C(=O)N(CC[NH+]3CCOCC3)C2c2ccc(C)cc2)cc1C. The number of likely N-dealkylation sites (tertiary alicyclic amines) is 1. The zero-order valence-corrected chi connectivity index (χ0v) is 19.4. The number of rotatable bonds is 6. The van der Waals surface area contributed by atoms with Gasteiger partial charge in [-0.2, -0.15) is 0 Å². The van der Waals surface area contributed by atoms with Gasteiger partial charge in [0.05, 0.1) is 45.0 Å². The zero-order valence-electron chi connectivity index (χ0n) is 19.4. The lowest BCUT2D eigenvalue weighted by molar-refractivity contribution is -0.907. The average molecular weight is 452 g/mol. The first kappa shape index (κ1) is 23.0. The van der Waals surface area contributed by atoms with Crippen molar-refractivity contribution >= 4 is 17.4 Å². The minimum atomic E-state index is -0.650. The number of ketones is 1. The Labute approximate surface area is 194 Å². The van der Waals surface area contributed by atoms with Crippen LogP contribution in [0.3, 0.4) is 0 Å². The summed E-state index contributed by atoms with van der Waals surface area (Å²) in [6.45, 7) is 8.17. The van der Waals surface area contributed by atoms with Crippen LogP contribution in [0.4, 0.5) is 0 Å². The molecule has 0 aliphatic carbocycles. The van der Waals surface area contributed by atoms with Crippen LogP contribution in [0.15, 0.2) is 48.0 Å². The molecule has 1 unspecified atom stereocenters. The van der Waals surface area contributed by atoms with E-state index in [9.17, 15) is 14.7 Å². The Morgan fingerprint density at radius 2 is 1.82 bits per heavy atom. The van der Waals surface area contributed by atoms with Crippen molar-refractivity contribution in [2.75, 3.05) is 46.5 Å². The molecule has 1 atom stereocenters. The standard InChI is InChI=1S/C26H30N2O5/c1-17-4-6-19(7-5-17)23-22(24(29)20-8-9-21(32-3)18(2)16-20)25(30)26(31)28(23)11-10-27-12-14-33-15-13-27/h4-9,16,23,29H,10-15H2,1-3H3/p+1. The number of quaternary nitrogens is 1. The molecule has 1 amide bonds. The number of morpholine rings is 1. The highest BCUT2D eigenvalue weighted by atomic mass is 16.5. The zero-order chi connectivity index (χ0) is 23.5. The second kappa shape index (κ2) is 9.77. The number of hydrogen-bond acceptors (Lipinski definition) is 5. The van der Waals surface area contributed by atoms with Crippen LogP contribution >= 0.6 is 0 Å². The van der Waals surface area contributed by atoms with E-state index in [0.29, 0.717) is 31.1 Å². The van der Waals surface area contributed by atoms with Gasteiger partial charge >= 0.3 is 0 Å². The summed E-state index contributed by atoms with van der Waals surface area (Å²) in [6.07, 6.45) is 0. The predicted octanol–water partition coefficient (Wildman–Crippen LogP) is 1.65. The molecule has 2 N–H and O–H groups in total. The molecule has 0 saturated carbocycles. The molecule has 7 heteroatoms. The van der Waals surface area contributed by atoms with Crippen molar-refractivity contribution in [2.45, 2.75) is 19.9 Å². The molecule has 0 spiro atoms. The van der Waals surface area contributed by atoms with Gasteiger partial charge in [0.1, 0.15) is 24.6 Å². The highest BCUT2D eigenvalue weighted by Gasteiger charge is 2.46. The molecule has 4 rings (SSSR count). The van der Waals surface area contributed by atoms with Crippen molar-refractivity contribution in [3.63, 3.8) is 0 Å². The maximum atomic E-state index is 13.2. The molecule has 33 heavy (non-hydrogen) atoms. The normalized spacial score (nSPS) is 20.9. The van der Waals surface area contributed by atoms with Crippen LogP contribution in [0, 0.1) is 13.8 Å². The summed E-state index contributed by atoms with van der Waals surface area (Å²) in [7, 11) is 1.58. The lowest BCUT2D eigenvalue weighted by Gasteiger charge is -2.29. The number of nitrogens with zero attached hydrogens (tertiary/aromatic N) is 1. The fourth-order valence-electron chi connectivity index (χ4n) is 4.58. The lowest BCUT2D eigenvalue weighted by atomic mass is 9.94. The van der Waals surface area contributed by atoms with E-state index in [2.05, 4.69) is 0 Å². The molecule has 2 fully saturated rings. The largest absolute Gasteiger partial charge is 0.507 e. The van der Waals surface area contributed by atoms with Crippen molar-refractivity contribution in [2.24, 2.45) is 0 Å². The third-order valence-electron chi connectivity index (χ3n) is 6.51. The maximum Gasteiger partial charge on any atom is 0.295 e. The summed E-state index contributed by atoms with van der Waals surface area (Å²) >= 11 is 0. The molecule has 7 nitrogen and oxygen atoms in total. The third kappa shape index (κ3) is 4.65. The monoisotopic (exact) mass is 451 g/mol. The molecular weight excluding hydrogens is 420 g/mol. The first-order chi connectivity index (χ1) is 15.9. The van der Waals surface area contributed by atoms with Gasteiger partial charge in [-0.3, -0.25) is 9.59 Å². The molecule has 2 aromatic rings. The second-order valence-corrected chi connectivity index (χ2v) is 8.70. The van der Waals surface area contributed by atoms with Gasteiger partial charge in [0, 0.05) is 5.56 Å². The van der Waals surface area contributed by atoms with Crippen LogP contribution in [0.2, 0.25) is 0 Å². The maximum absolute atomic E-state index is 13.2. The number of carbonyl (C=O) groups excluding carboxylic acids is 2. The Kier molecular flexibility index (Phi) is 6.81. The van der Waals surface area contributed by atoms with Crippen molar-refractivity contribution < 1.29 is 29.1 Å². The van der Waals surface area contributed by atoms with Crippen molar-refractivity contribution in [3.8, 4) is 5.75 Å². The first-order valence-electron chi connectivity index (χ1n) is 11.3. The number of methoxy groups -OCH3 is 1. The van der Waals surface area contributed by atoms with E-state index in [1.807, 2.05) is 38.1 Å². The summed E-state index contributed by atoms with van der Waals surface area (Å²) in [4.78, 5) is 29.3. The van der Waals surface area contributed by atoms with Gasteiger partial charge in [0.15, 0.2) is 0 Å². The highest BCUT2D eigenvalue weighted by Crippen LogP contribution is 2.39. The van der Waals surface area contributed by atoms with E-state index in [0.717, 1.165) is 36.3 Å². The van der Waals surface area contributed by atoms with Gasteiger partial charge in [-0.15, -0.1) is 0 Å². The Morgan fingerprint density at radius 1 is 1.12 bits per heavy atom. The number of aliphatic hydroxyl groups excluding tert-OH is 1. The summed E-state index contributed by atoms with van der Waals surface area (Å²) in [5.41, 5.74) is 3.34. The van der Waals surface area contributed by atoms with E-state index in [4.69, 9.17) is 9.47 Å². The number of benzene rings is 2. The summed E-state index contributed by atoms with van der Waals surface area (Å²) in [5, 5.41) is 11.2. The molecule has 0 aromatic heterocycles. The Balaban J connectivity index is 1.74.